The predicted molar refractivity (Wildman–Crippen MR) is 220 cm³/mol. The Labute approximate surface area is 320 Å². The van der Waals surface area contributed by atoms with Crippen molar-refractivity contribution in [3.05, 3.63) is 154 Å². The van der Waals surface area contributed by atoms with Crippen LogP contribution in [0.2, 0.25) is 19.6 Å². The zero-order valence-corrected chi connectivity index (χ0v) is 35.9. The van der Waals surface area contributed by atoms with Crippen LogP contribution in [-0.4, -0.2) is 17.2 Å². The Morgan fingerprint density at radius 2 is 0.922 bits per heavy atom. The van der Waals surface area contributed by atoms with Gasteiger partial charge in [0.15, 0.2) is 0 Å². The summed E-state index contributed by atoms with van der Waals surface area (Å²) in [5.74, 6) is 1.46. The Balaban J connectivity index is 0.000000345. The fraction of sp³-hybridized carbons (Fsp3) is 0.378. The third-order valence-electron chi connectivity index (χ3n) is 8.11. The maximum Gasteiger partial charge on any atom is -0.0951 e. The first-order valence-electron chi connectivity index (χ1n) is 18.2. The van der Waals surface area contributed by atoms with Gasteiger partial charge < -0.3 is 21.1 Å². The Bertz CT molecular complexity index is 1670. The molecule has 1 heterocycles. The normalized spacial score (nSPS) is 11.0. The summed E-state index contributed by atoms with van der Waals surface area (Å²) in [5, 5.41) is 11.5. The maximum absolute atomic E-state index is 11.5. The van der Waals surface area contributed by atoms with Gasteiger partial charge in [0.05, 0.1) is 0 Å². The van der Waals surface area contributed by atoms with Crippen molar-refractivity contribution in [2.24, 2.45) is 3.79 Å². The average molecular weight is 737 g/mol. The molecule has 5 aromatic rings. The molecule has 0 radical (unpaired) electrons. The molecular weight excluding hydrogens is 676 g/mol. The van der Waals surface area contributed by atoms with Gasteiger partial charge in [-0.3, -0.25) is 0 Å². The van der Waals surface area contributed by atoms with Crippen molar-refractivity contribution in [1.29, 1.82) is 0 Å². The van der Waals surface area contributed by atoms with Crippen molar-refractivity contribution < 1.29 is 17.2 Å². The molecule has 0 fully saturated rings. The Morgan fingerprint density at radius 1 is 0.608 bits per heavy atom. The molecule has 5 rings (SSSR count). The Morgan fingerprint density at radius 3 is 1.14 bits per heavy atom. The van der Waals surface area contributed by atoms with E-state index in [1.807, 2.05) is 57.9 Å². The Kier molecular flexibility index (Phi) is 17.6. The predicted octanol–water partition coefficient (Wildman–Crippen LogP) is 13.1. The number of hydrogen-bond acceptors (Lipinski definition) is 1. The number of nitrogens with zero attached hydrogens (tertiary/aromatic N) is 4. The van der Waals surface area contributed by atoms with E-state index in [0.29, 0.717) is 23.7 Å². The second-order valence-corrected chi connectivity index (χ2v) is 20.9. The monoisotopic (exact) mass is 736 g/mol. The molecule has 0 aliphatic carbocycles. The van der Waals surface area contributed by atoms with E-state index in [9.17, 15) is 5.41 Å². The van der Waals surface area contributed by atoms with Gasteiger partial charge in [-0.25, -0.2) is 0 Å². The van der Waals surface area contributed by atoms with Crippen LogP contribution in [0.25, 0.3) is 16.8 Å². The first-order valence-corrected chi connectivity index (χ1v) is 22.5. The van der Waals surface area contributed by atoms with Crippen molar-refractivity contribution in [1.82, 2.24) is 9.13 Å². The van der Waals surface area contributed by atoms with Gasteiger partial charge in [-0.1, -0.05) is 111 Å². The Hall–Kier alpha value is -3.51. The largest absolute Gasteiger partial charge is 0.342 e. The summed E-state index contributed by atoms with van der Waals surface area (Å²) in [4.78, 5) is 0. The first-order chi connectivity index (χ1) is 23.9. The van der Waals surface area contributed by atoms with Crippen LogP contribution in [0.4, 0.5) is 5.69 Å². The summed E-state index contributed by atoms with van der Waals surface area (Å²) in [6.07, 6.45) is 4.01. The second-order valence-electron chi connectivity index (χ2n) is 15.5. The zero-order valence-electron chi connectivity index (χ0n) is 33.5. The molecule has 4 nitrogen and oxygen atoms in total. The van der Waals surface area contributed by atoms with E-state index in [4.69, 9.17) is 0 Å². The van der Waals surface area contributed by atoms with E-state index in [-0.39, 0.29) is 5.62 Å². The molecular formula is C45H61N4SiV-3. The molecule has 4 aromatic carbocycles. The minimum absolute atomic E-state index is 0.250. The molecule has 0 unspecified atom stereocenters. The van der Waals surface area contributed by atoms with E-state index in [1.165, 1.54) is 33.4 Å². The van der Waals surface area contributed by atoms with Crippen LogP contribution in [0.3, 0.4) is 0 Å². The maximum atomic E-state index is 11.5. The van der Waals surface area contributed by atoms with Gasteiger partial charge in [0, 0.05) is 5.62 Å². The fourth-order valence-corrected chi connectivity index (χ4v) is 6.11. The van der Waals surface area contributed by atoms with Crippen LogP contribution in [0.15, 0.2) is 101 Å². The van der Waals surface area contributed by atoms with Gasteiger partial charge >= 0.3 is 69.9 Å². The minimum Gasteiger partial charge on any atom is -0.342 e. The van der Waals surface area contributed by atoms with Gasteiger partial charge in [0.25, 0.3) is 0 Å². The number of aryl methyl sites for hydroxylation is 2. The number of rotatable bonds is 7. The van der Waals surface area contributed by atoms with Gasteiger partial charge in [-0.2, -0.15) is 36.4 Å². The molecule has 0 saturated heterocycles. The molecule has 273 valence electrons. The van der Waals surface area contributed by atoms with Crippen molar-refractivity contribution in [2.45, 2.75) is 113 Å². The van der Waals surface area contributed by atoms with E-state index in [2.05, 4.69) is 171 Å². The molecule has 0 saturated carbocycles. The van der Waals surface area contributed by atoms with Crippen LogP contribution in [0, 0.1) is 26.5 Å². The van der Waals surface area contributed by atoms with Crippen molar-refractivity contribution >= 4 is 13.8 Å². The fourth-order valence-electron chi connectivity index (χ4n) is 5.62. The van der Waals surface area contributed by atoms with Crippen LogP contribution < -0.4 is 5.62 Å². The summed E-state index contributed by atoms with van der Waals surface area (Å²) in [6.45, 7) is 32.4. The summed E-state index contributed by atoms with van der Waals surface area (Å²) < 4.78 is 8.04. The van der Waals surface area contributed by atoms with Gasteiger partial charge in [-0.05, 0) is 69.7 Å². The standard InChI is InChI=1S/C27H36N3.C8H9N.C6H5.C4H11Si.V/c1-17(2)21-11-9-12-22(18(3)4)25(21)29-15-16-30(27(29)28)26-23(19(5)6)13-10-14-24(26)20(7)8;1-6-4-3-5-7(2)8(6)9;1-2-4-6-5-3-1;1-5(2,3)4;/h9-20H,1-8H3;3-5H,1-2H3;1-5H;1H2,2-4H3;/q-1;;2*-1;. The van der Waals surface area contributed by atoms with E-state index < -0.39 is 8.07 Å². The molecule has 0 aliphatic rings. The summed E-state index contributed by atoms with van der Waals surface area (Å²) in [6, 6.07) is 31.7. The summed E-state index contributed by atoms with van der Waals surface area (Å²) in [5.41, 5.74) is 11.0. The van der Waals surface area contributed by atoms with Crippen LogP contribution in [-0.2, 0) is 17.2 Å². The van der Waals surface area contributed by atoms with Crippen molar-refractivity contribution in [2.75, 3.05) is 0 Å². The quantitative estimate of drug-likeness (QED) is 0.118. The summed E-state index contributed by atoms with van der Waals surface area (Å²) in [7, 11) is -0.861. The van der Waals surface area contributed by atoms with Gasteiger partial charge in [0.2, 0.25) is 0 Å². The topological polar surface area (TPSA) is 44.5 Å². The summed E-state index contributed by atoms with van der Waals surface area (Å²) >= 11 is 2.25. The molecule has 51 heavy (non-hydrogen) atoms. The van der Waals surface area contributed by atoms with Crippen molar-refractivity contribution in [3.63, 3.8) is 0 Å². The average Bonchev–Trinajstić information content (AvgIpc) is 3.44. The SMILES string of the molecule is CC(C)c1cccc(C(C)C)c1-n1ccn(-c2c(C(C)C)cccc2C(C)C)c1=[N-].Cc1cccc(C)c1[N]=[V].[CH2-][Si](C)(C)C.[c-]1ccccc1. The molecule has 0 atom stereocenters. The third-order valence-corrected chi connectivity index (χ3v) is 8.42. The van der Waals surface area contributed by atoms with Gasteiger partial charge in [-0.15, -0.1) is 8.07 Å². The number of benzene rings is 4. The van der Waals surface area contributed by atoms with Crippen LogP contribution in [0.5, 0.6) is 0 Å². The number of imidazole rings is 1. The van der Waals surface area contributed by atoms with Crippen LogP contribution in [0.1, 0.15) is 112 Å². The molecule has 1 aromatic heterocycles. The first kappa shape index (κ1) is 43.7. The molecule has 0 spiro atoms. The van der Waals surface area contributed by atoms with E-state index >= 15 is 0 Å². The molecule has 0 bridgehead atoms. The smallest absolute Gasteiger partial charge is 0.0951 e. The number of aromatic nitrogens is 2. The second kappa shape index (κ2) is 20.5. The number of para-hydroxylation sites is 2. The zero-order chi connectivity index (χ0) is 38.5. The molecule has 0 aliphatic heterocycles. The molecule has 6 heteroatoms. The third kappa shape index (κ3) is 13.2. The van der Waals surface area contributed by atoms with Crippen molar-refractivity contribution in [3.8, 4) is 11.4 Å². The van der Waals surface area contributed by atoms with Gasteiger partial charge in [0.1, 0.15) is 0 Å². The molecule has 0 N–H and O–H groups in total. The van der Waals surface area contributed by atoms with E-state index in [1.54, 1.807) is 0 Å². The number of hydrogen-bond donors (Lipinski definition) is 0. The van der Waals surface area contributed by atoms with Crippen LogP contribution >= 0.6 is 0 Å². The molecule has 0 amide bonds. The van der Waals surface area contributed by atoms with E-state index in [0.717, 1.165) is 17.1 Å². The minimum atomic E-state index is -0.861.